The lowest BCUT2D eigenvalue weighted by Crippen LogP contribution is -2.01. The van der Waals surface area contributed by atoms with Crippen LogP contribution >= 0.6 is 0 Å². The average molecular weight is 191 g/mol. The molecule has 0 amide bonds. The van der Waals surface area contributed by atoms with Crippen molar-refractivity contribution >= 4 is 5.78 Å². The lowest BCUT2D eigenvalue weighted by molar-refractivity contribution is 0.103. The number of hydrogen-bond acceptors (Lipinski definition) is 3. The second-order valence-corrected chi connectivity index (χ2v) is 2.72. The number of carbonyl (C=O) groups excluding carboxylic acids is 1. The number of hydrogen-bond donors (Lipinski definition) is 0. The van der Waals surface area contributed by atoms with Crippen molar-refractivity contribution in [3.8, 4) is 0 Å². The van der Waals surface area contributed by atoms with Gasteiger partial charge in [0.05, 0.1) is 0 Å². The molecule has 0 aliphatic carbocycles. The van der Waals surface area contributed by atoms with Gasteiger partial charge in [0.1, 0.15) is 12.1 Å². The lowest BCUT2D eigenvalue weighted by atomic mass is 10.1. The minimum Gasteiger partial charge on any atom is -0.364 e. The van der Waals surface area contributed by atoms with Gasteiger partial charge in [-0.1, -0.05) is 5.16 Å². The standard InChI is InChI=1S/C10H6FNO2/c11-8-3-1-7(2-4-8)10(13)9-5-6-14-12-9/h1-6H. The highest BCUT2D eigenvalue weighted by molar-refractivity contribution is 6.07. The molecule has 1 aromatic carbocycles. The molecule has 0 saturated carbocycles. The van der Waals surface area contributed by atoms with Gasteiger partial charge in [-0.3, -0.25) is 4.79 Å². The van der Waals surface area contributed by atoms with Crippen molar-refractivity contribution in [3.05, 3.63) is 53.7 Å². The summed E-state index contributed by atoms with van der Waals surface area (Å²) in [7, 11) is 0. The molecule has 0 aliphatic rings. The Hall–Kier alpha value is -1.97. The van der Waals surface area contributed by atoms with E-state index >= 15 is 0 Å². The summed E-state index contributed by atoms with van der Waals surface area (Å²) in [6, 6.07) is 6.74. The van der Waals surface area contributed by atoms with Gasteiger partial charge in [0.25, 0.3) is 0 Å². The van der Waals surface area contributed by atoms with Crippen LogP contribution in [0.5, 0.6) is 0 Å². The number of ketones is 1. The number of rotatable bonds is 2. The maximum atomic E-state index is 12.5. The minimum absolute atomic E-state index is 0.219. The first kappa shape index (κ1) is 8.62. The number of carbonyl (C=O) groups is 1. The summed E-state index contributed by atoms with van der Waals surface area (Å²) >= 11 is 0. The van der Waals surface area contributed by atoms with Crippen molar-refractivity contribution in [2.45, 2.75) is 0 Å². The summed E-state index contributed by atoms with van der Waals surface area (Å²) in [6.45, 7) is 0. The van der Waals surface area contributed by atoms with E-state index in [2.05, 4.69) is 9.68 Å². The van der Waals surface area contributed by atoms with Crippen molar-refractivity contribution in [1.29, 1.82) is 0 Å². The largest absolute Gasteiger partial charge is 0.364 e. The maximum absolute atomic E-state index is 12.5. The van der Waals surface area contributed by atoms with E-state index in [4.69, 9.17) is 0 Å². The molecule has 4 heteroatoms. The van der Waals surface area contributed by atoms with Crippen molar-refractivity contribution in [1.82, 2.24) is 5.16 Å². The van der Waals surface area contributed by atoms with Gasteiger partial charge in [-0.15, -0.1) is 0 Å². The highest BCUT2D eigenvalue weighted by atomic mass is 19.1. The van der Waals surface area contributed by atoms with Crippen LogP contribution in [-0.2, 0) is 0 Å². The van der Waals surface area contributed by atoms with Crippen LogP contribution in [0.3, 0.4) is 0 Å². The fraction of sp³-hybridized carbons (Fsp3) is 0. The molecule has 0 spiro atoms. The minimum atomic E-state index is -0.373. The summed E-state index contributed by atoms with van der Waals surface area (Å²) in [6.07, 6.45) is 1.32. The zero-order valence-electron chi connectivity index (χ0n) is 7.11. The third-order valence-electron chi connectivity index (χ3n) is 1.78. The van der Waals surface area contributed by atoms with Crippen LogP contribution in [-0.4, -0.2) is 10.9 Å². The highest BCUT2D eigenvalue weighted by Gasteiger charge is 2.11. The smallest absolute Gasteiger partial charge is 0.214 e. The molecule has 0 unspecified atom stereocenters. The van der Waals surface area contributed by atoms with E-state index in [0.717, 1.165) is 0 Å². The first-order valence-corrected chi connectivity index (χ1v) is 3.98. The van der Waals surface area contributed by atoms with Gasteiger partial charge in [0.2, 0.25) is 5.78 Å². The normalized spacial score (nSPS) is 10.1. The molecule has 0 N–H and O–H groups in total. The summed E-state index contributed by atoms with van der Waals surface area (Å²) in [5, 5.41) is 3.50. The number of halogens is 1. The van der Waals surface area contributed by atoms with Crippen molar-refractivity contribution in [3.63, 3.8) is 0 Å². The molecule has 0 radical (unpaired) electrons. The molecule has 1 aromatic heterocycles. The molecule has 0 atom stereocenters. The Morgan fingerprint density at radius 1 is 1.21 bits per heavy atom. The van der Waals surface area contributed by atoms with Crippen LogP contribution in [0.15, 0.2) is 41.1 Å². The zero-order chi connectivity index (χ0) is 9.97. The fourth-order valence-electron chi connectivity index (χ4n) is 1.08. The Morgan fingerprint density at radius 2 is 1.93 bits per heavy atom. The molecule has 0 bridgehead atoms. The molecule has 70 valence electrons. The van der Waals surface area contributed by atoms with E-state index in [1.165, 1.54) is 36.6 Å². The number of nitrogens with zero attached hydrogens (tertiary/aromatic N) is 1. The van der Waals surface area contributed by atoms with E-state index in [-0.39, 0.29) is 17.3 Å². The molecule has 0 saturated heterocycles. The van der Waals surface area contributed by atoms with Gasteiger partial charge in [-0.25, -0.2) is 4.39 Å². The Morgan fingerprint density at radius 3 is 2.50 bits per heavy atom. The molecule has 14 heavy (non-hydrogen) atoms. The average Bonchev–Trinajstić information content (AvgIpc) is 2.71. The Kier molecular flexibility index (Phi) is 2.10. The molecule has 2 aromatic rings. The zero-order valence-corrected chi connectivity index (χ0v) is 7.11. The number of benzene rings is 1. The van der Waals surface area contributed by atoms with Crippen LogP contribution in [0.4, 0.5) is 4.39 Å². The van der Waals surface area contributed by atoms with Crippen LogP contribution in [0, 0.1) is 5.82 Å². The Bertz CT molecular complexity index is 434. The topological polar surface area (TPSA) is 43.1 Å². The van der Waals surface area contributed by atoms with E-state index in [0.29, 0.717) is 5.56 Å². The molecule has 0 fully saturated rings. The van der Waals surface area contributed by atoms with Gasteiger partial charge < -0.3 is 4.52 Å². The van der Waals surface area contributed by atoms with Crippen LogP contribution in [0.25, 0.3) is 0 Å². The lowest BCUT2D eigenvalue weighted by Gasteiger charge is -1.95. The quantitative estimate of drug-likeness (QED) is 0.682. The maximum Gasteiger partial charge on any atom is 0.214 e. The van der Waals surface area contributed by atoms with E-state index in [1.807, 2.05) is 0 Å². The molecule has 2 rings (SSSR count). The van der Waals surface area contributed by atoms with Gasteiger partial charge >= 0.3 is 0 Å². The van der Waals surface area contributed by atoms with Crippen LogP contribution in [0.2, 0.25) is 0 Å². The van der Waals surface area contributed by atoms with Crippen molar-refractivity contribution in [2.24, 2.45) is 0 Å². The van der Waals surface area contributed by atoms with Gasteiger partial charge in [0, 0.05) is 11.6 Å². The van der Waals surface area contributed by atoms with Gasteiger partial charge in [-0.05, 0) is 24.3 Å². The Balaban J connectivity index is 2.33. The molecule has 1 heterocycles. The molecular formula is C10H6FNO2. The summed E-state index contributed by atoms with van der Waals surface area (Å²) in [5.74, 6) is -0.652. The third kappa shape index (κ3) is 1.54. The summed E-state index contributed by atoms with van der Waals surface area (Å²) in [4.78, 5) is 11.6. The highest BCUT2D eigenvalue weighted by Crippen LogP contribution is 2.08. The predicted molar refractivity (Wildman–Crippen MR) is 46.3 cm³/mol. The van der Waals surface area contributed by atoms with Crippen LogP contribution in [0.1, 0.15) is 16.1 Å². The first-order valence-electron chi connectivity index (χ1n) is 3.98. The van der Waals surface area contributed by atoms with Crippen molar-refractivity contribution < 1.29 is 13.7 Å². The first-order chi connectivity index (χ1) is 6.77. The summed E-state index contributed by atoms with van der Waals surface area (Å²) < 4.78 is 17.1. The second-order valence-electron chi connectivity index (χ2n) is 2.72. The number of aromatic nitrogens is 1. The van der Waals surface area contributed by atoms with Crippen LogP contribution < -0.4 is 0 Å². The predicted octanol–water partition coefficient (Wildman–Crippen LogP) is 2.04. The van der Waals surface area contributed by atoms with E-state index in [9.17, 15) is 9.18 Å². The fourth-order valence-corrected chi connectivity index (χ4v) is 1.08. The SMILES string of the molecule is O=C(c1ccc(F)cc1)c1ccon1. The summed E-state index contributed by atoms with van der Waals surface area (Å²) in [5.41, 5.74) is 0.608. The van der Waals surface area contributed by atoms with Crippen molar-refractivity contribution in [2.75, 3.05) is 0 Å². The monoisotopic (exact) mass is 191 g/mol. The van der Waals surface area contributed by atoms with E-state index in [1.54, 1.807) is 0 Å². The molecule has 3 nitrogen and oxygen atoms in total. The van der Waals surface area contributed by atoms with E-state index < -0.39 is 0 Å². The Labute approximate surface area is 79.1 Å². The van der Waals surface area contributed by atoms with Gasteiger partial charge in [-0.2, -0.15) is 0 Å². The van der Waals surface area contributed by atoms with Gasteiger partial charge in [0.15, 0.2) is 5.69 Å². The molecule has 0 aliphatic heterocycles. The third-order valence-corrected chi connectivity index (χ3v) is 1.78. The molecular weight excluding hydrogens is 185 g/mol. The second kappa shape index (κ2) is 3.41.